The maximum atomic E-state index is 13.4. The van der Waals surface area contributed by atoms with Crippen molar-refractivity contribution < 1.29 is 18.7 Å². The number of halogens is 2. The molecule has 0 unspecified atom stereocenters. The number of rotatable bonds is 3. The highest BCUT2D eigenvalue weighted by Crippen LogP contribution is 2.15. The fourth-order valence-corrected chi connectivity index (χ4v) is 2.26. The number of likely N-dealkylation sites (tertiary alicyclic amines) is 1. The van der Waals surface area contributed by atoms with Gasteiger partial charge in [-0.2, -0.15) is 0 Å². The van der Waals surface area contributed by atoms with Crippen molar-refractivity contribution in [2.24, 2.45) is 0 Å². The molecule has 2 rings (SSSR count). The molecule has 5 heteroatoms. The highest BCUT2D eigenvalue weighted by molar-refractivity contribution is 5.76. The van der Waals surface area contributed by atoms with Crippen LogP contribution in [0.1, 0.15) is 24.8 Å². The van der Waals surface area contributed by atoms with Crippen molar-refractivity contribution in [1.29, 1.82) is 0 Å². The molecule has 0 saturated carbocycles. The number of benzene rings is 1. The van der Waals surface area contributed by atoms with E-state index in [1.807, 2.05) is 0 Å². The van der Waals surface area contributed by atoms with Gasteiger partial charge in [-0.3, -0.25) is 4.79 Å². The molecule has 1 heterocycles. The van der Waals surface area contributed by atoms with Crippen LogP contribution in [0, 0.1) is 11.6 Å². The summed E-state index contributed by atoms with van der Waals surface area (Å²) in [6.07, 6.45) is 1.20. The van der Waals surface area contributed by atoms with E-state index in [0.29, 0.717) is 25.9 Å². The summed E-state index contributed by atoms with van der Waals surface area (Å²) in [5, 5.41) is 9.35. The minimum Gasteiger partial charge on any atom is -0.393 e. The highest BCUT2D eigenvalue weighted by atomic mass is 19.2. The molecule has 1 aliphatic rings. The van der Waals surface area contributed by atoms with E-state index in [1.165, 1.54) is 12.1 Å². The van der Waals surface area contributed by atoms with E-state index >= 15 is 0 Å². The van der Waals surface area contributed by atoms with E-state index in [9.17, 15) is 18.7 Å². The van der Waals surface area contributed by atoms with E-state index in [0.717, 1.165) is 6.07 Å². The molecule has 1 aliphatic heterocycles. The van der Waals surface area contributed by atoms with Crippen molar-refractivity contribution in [3.8, 4) is 0 Å². The summed E-state index contributed by atoms with van der Waals surface area (Å²) < 4.78 is 26.4. The lowest BCUT2D eigenvalue weighted by molar-refractivity contribution is -0.133. The van der Waals surface area contributed by atoms with Crippen LogP contribution in [0.15, 0.2) is 18.2 Å². The minimum atomic E-state index is -0.883. The molecule has 0 spiro atoms. The summed E-state index contributed by atoms with van der Waals surface area (Å²) in [5.74, 6) is -1.83. The van der Waals surface area contributed by atoms with Crippen LogP contribution in [0.2, 0.25) is 0 Å². The van der Waals surface area contributed by atoms with E-state index in [-0.39, 0.29) is 30.4 Å². The molecule has 0 atom stereocenters. The summed E-state index contributed by atoms with van der Waals surface area (Å²) in [6.45, 7) is 1.07. The van der Waals surface area contributed by atoms with Crippen LogP contribution in [-0.4, -0.2) is 35.1 Å². The number of aliphatic hydroxyl groups is 1. The maximum Gasteiger partial charge on any atom is 0.222 e. The molecule has 1 aromatic rings. The third kappa shape index (κ3) is 3.50. The highest BCUT2D eigenvalue weighted by Gasteiger charge is 2.21. The molecule has 0 aliphatic carbocycles. The van der Waals surface area contributed by atoms with Gasteiger partial charge in [0, 0.05) is 19.5 Å². The number of piperidine rings is 1. The van der Waals surface area contributed by atoms with Gasteiger partial charge in [0.25, 0.3) is 0 Å². The molecule has 1 saturated heterocycles. The molecule has 104 valence electrons. The van der Waals surface area contributed by atoms with Gasteiger partial charge in [-0.1, -0.05) is 12.1 Å². The van der Waals surface area contributed by atoms with Gasteiger partial charge in [-0.05, 0) is 30.9 Å². The Morgan fingerprint density at radius 2 is 2.00 bits per heavy atom. The van der Waals surface area contributed by atoms with Crippen LogP contribution in [-0.2, 0) is 11.2 Å². The number of nitrogens with zero attached hydrogens (tertiary/aromatic N) is 1. The van der Waals surface area contributed by atoms with Crippen molar-refractivity contribution in [3.05, 3.63) is 35.4 Å². The fourth-order valence-electron chi connectivity index (χ4n) is 2.26. The second-order valence-corrected chi connectivity index (χ2v) is 4.82. The number of amides is 1. The fraction of sp³-hybridized carbons (Fsp3) is 0.500. The summed E-state index contributed by atoms with van der Waals surface area (Å²) in [5.41, 5.74) is 0.227. The maximum absolute atomic E-state index is 13.4. The quantitative estimate of drug-likeness (QED) is 0.910. The van der Waals surface area contributed by atoms with E-state index < -0.39 is 11.6 Å². The first kappa shape index (κ1) is 13.9. The molecule has 3 nitrogen and oxygen atoms in total. The summed E-state index contributed by atoms with van der Waals surface area (Å²) in [7, 11) is 0. The lowest BCUT2D eigenvalue weighted by atomic mass is 10.1. The van der Waals surface area contributed by atoms with Gasteiger partial charge >= 0.3 is 0 Å². The predicted molar refractivity (Wildman–Crippen MR) is 66.5 cm³/mol. The van der Waals surface area contributed by atoms with Crippen LogP contribution in [0.4, 0.5) is 8.78 Å². The molecule has 0 aromatic heterocycles. The van der Waals surface area contributed by atoms with Gasteiger partial charge in [-0.25, -0.2) is 8.78 Å². The molecule has 0 bridgehead atoms. The minimum absolute atomic E-state index is 0.0736. The van der Waals surface area contributed by atoms with E-state index in [2.05, 4.69) is 0 Å². The zero-order chi connectivity index (χ0) is 13.8. The third-order valence-corrected chi connectivity index (χ3v) is 3.46. The Hall–Kier alpha value is -1.49. The van der Waals surface area contributed by atoms with E-state index in [4.69, 9.17) is 0 Å². The Morgan fingerprint density at radius 3 is 2.68 bits per heavy atom. The molecule has 0 radical (unpaired) electrons. The van der Waals surface area contributed by atoms with Gasteiger partial charge in [-0.15, -0.1) is 0 Å². The normalized spacial score (nSPS) is 16.7. The molecular weight excluding hydrogens is 252 g/mol. The second kappa shape index (κ2) is 6.10. The van der Waals surface area contributed by atoms with Gasteiger partial charge in [0.15, 0.2) is 11.6 Å². The van der Waals surface area contributed by atoms with Crippen LogP contribution in [0.5, 0.6) is 0 Å². The summed E-state index contributed by atoms with van der Waals surface area (Å²) >= 11 is 0. The molecule has 1 aromatic carbocycles. The van der Waals surface area contributed by atoms with Crippen LogP contribution in [0.3, 0.4) is 0 Å². The molecule has 1 N–H and O–H groups in total. The van der Waals surface area contributed by atoms with Crippen molar-refractivity contribution >= 4 is 5.91 Å². The first-order valence-corrected chi connectivity index (χ1v) is 6.46. The molecular formula is C14H17F2NO2. The number of hydrogen-bond acceptors (Lipinski definition) is 2. The summed E-state index contributed by atoms with van der Waals surface area (Å²) in [4.78, 5) is 13.6. The van der Waals surface area contributed by atoms with E-state index in [1.54, 1.807) is 4.90 Å². The molecule has 1 amide bonds. The van der Waals surface area contributed by atoms with Crippen LogP contribution >= 0.6 is 0 Å². The van der Waals surface area contributed by atoms with Crippen molar-refractivity contribution in [2.75, 3.05) is 13.1 Å². The number of aliphatic hydroxyl groups excluding tert-OH is 1. The first-order valence-electron chi connectivity index (χ1n) is 6.46. The Bertz CT molecular complexity index is 457. The second-order valence-electron chi connectivity index (χ2n) is 4.82. The Morgan fingerprint density at radius 1 is 1.32 bits per heavy atom. The largest absolute Gasteiger partial charge is 0.393 e. The zero-order valence-electron chi connectivity index (χ0n) is 10.6. The van der Waals surface area contributed by atoms with Gasteiger partial charge in [0.2, 0.25) is 5.91 Å². The Balaban J connectivity index is 1.88. The van der Waals surface area contributed by atoms with Crippen molar-refractivity contribution in [1.82, 2.24) is 4.90 Å². The van der Waals surface area contributed by atoms with Gasteiger partial charge in [0.05, 0.1) is 6.10 Å². The lowest BCUT2D eigenvalue weighted by Gasteiger charge is -2.29. The van der Waals surface area contributed by atoms with Crippen molar-refractivity contribution in [3.63, 3.8) is 0 Å². The number of hydrogen-bond donors (Lipinski definition) is 1. The monoisotopic (exact) mass is 269 g/mol. The van der Waals surface area contributed by atoms with Gasteiger partial charge in [0.1, 0.15) is 0 Å². The first-order chi connectivity index (χ1) is 9.08. The number of carbonyl (C=O) groups excluding carboxylic acids is 1. The van der Waals surface area contributed by atoms with Crippen LogP contribution in [0.25, 0.3) is 0 Å². The zero-order valence-corrected chi connectivity index (χ0v) is 10.6. The summed E-state index contributed by atoms with van der Waals surface area (Å²) in [6, 6.07) is 3.99. The topological polar surface area (TPSA) is 40.5 Å². The van der Waals surface area contributed by atoms with Crippen LogP contribution < -0.4 is 0 Å². The Labute approximate surface area is 110 Å². The number of carbonyl (C=O) groups is 1. The lowest BCUT2D eigenvalue weighted by Crippen LogP contribution is -2.40. The third-order valence-electron chi connectivity index (χ3n) is 3.46. The average molecular weight is 269 g/mol. The number of aryl methyl sites for hydroxylation is 1. The molecule has 1 fully saturated rings. The standard InChI is InChI=1S/C14H17F2NO2/c15-12-3-1-2-10(14(12)16)4-5-13(19)17-8-6-11(18)7-9-17/h1-3,11,18H,4-9H2. The average Bonchev–Trinajstić information content (AvgIpc) is 2.41. The molecule has 19 heavy (non-hydrogen) atoms. The Kier molecular flexibility index (Phi) is 4.47. The SMILES string of the molecule is O=C(CCc1cccc(F)c1F)N1CCC(O)CC1. The van der Waals surface area contributed by atoms with Crippen molar-refractivity contribution in [2.45, 2.75) is 31.8 Å². The predicted octanol–water partition coefficient (Wildman–Crippen LogP) is 1.88. The smallest absolute Gasteiger partial charge is 0.222 e. The van der Waals surface area contributed by atoms with Gasteiger partial charge < -0.3 is 10.0 Å².